The topological polar surface area (TPSA) is 35.5 Å². The van der Waals surface area contributed by atoms with Crippen molar-refractivity contribution in [3.05, 3.63) is 12.2 Å². The minimum atomic E-state index is -5.75. The molecule has 0 aliphatic heterocycles. The number of alkyl halides is 5. The lowest BCUT2D eigenvalue weighted by atomic mass is 10.3. The molecular weight excluding hydrogens is 239 g/mol. The number of ether oxygens (including phenoxy) is 2. The van der Waals surface area contributed by atoms with E-state index in [-0.39, 0.29) is 12.2 Å². The van der Waals surface area contributed by atoms with Crippen LogP contribution in [0, 0.1) is 0 Å². The van der Waals surface area contributed by atoms with E-state index in [1.165, 1.54) is 7.11 Å². The minimum Gasteiger partial charge on any atom is -0.455 e. The molecule has 0 heterocycles. The third-order valence-corrected chi connectivity index (χ3v) is 1.41. The van der Waals surface area contributed by atoms with Crippen molar-refractivity contribution in [1.29, 1.82) is 0 Å². The molecule has 0 N–H and O–H groups in total. The molecular formula is C8H9F5O3. The van der Waals surface area contributed by atoms with Gasteiger partial charge in [-0.3, -0.25) is 0 Å². The Labute approximate surface area is 87.8 Å². The zero-order chi connectivity index (χ0) is 13.0. The molecule has 0 aliphatic rings. The van der Waals surface area contributed by atoms with Crippen LogP contribution in [0.15, 0.2) is 12.2 Å². The molecule has 0 amide bonds. The maximum absolute atomic E-state index is 12.3. The van der Waals surface area contributed by atoms with Gasteiger partial charge in [-0.1, -0.05) is 6.58 Å². The third kappa shape index (κ3) is 4.13. The molecule has 16 heavy (non-hydrogen) atoms. The van der Waals surface area contributed by atoms with Gasteiger partial charge in [0.2, 0.25) is 0 Å². The number of rotatable bonds is 5. The average molecular weight is 248 g/mol. The first kappa shape index (κ1) is 14.8. The lowest BCUT2D eigenvalue weighted by Gasteiger charge is -2.19. The Bertz CT molecular complexity index is 271. The highest BCUT2D eigenvalue weighted by molar-refractivity contribution is 5.87. The molecule has 0 aromatic heterocycles. The van der Waals surface area contributed by atoms with E-state index < -0.39 is 24.7 Å². The fourth-order valence-corrected chi connectivity index (χ4v) is 0.573. The number of halogens is 5. The second-order valence-electron chi connectivity index (χ2n) is 2.81. The summed E-state index contributed by atoms with van der Waals surface area (Å²) in [6.07, 6.45) is -5.75. The van der Waals surface area contributed by atoms with E-state index in [1.807, 2.05) is 0 Å². The largest absolute Gasteiger partial charge is 0.456 e. The van der Waals surface area contributed by atoms with E-state index in [0.717, 1.165) is 0 Å². The summed E-state index contributed by atoms with van der Waals surface area (Å²) in [6, 6.07) is 0. The summed E-state index contributed by atoms with van der Waals surface area (Å²) in [7, 11) is 1.20. The first-order valence-corrected chi connectivity index (χ1v) is 3.90. The van der Waals surface area contributed by atoms with Crippen molar-refractivity contribution >= 4 is 5.97 Å². The van der Waals surface area contributed by atoms with Gasteiger partial charge in [0.25, 0.3) is 0 Å². The van der Waals surface area contributed by atoms with Crippen LogP contribution in [0.5, 0.6) is 0 Å². The summed E-state index contributed by atoms with van der Waals surface area (Å²) >= 11 is 0. The monoisotopic (exact) mass is 248 g/mol. The van der Waals surface area contributed by atoms with Crippen molar-refractivity contribution in [2.45, 2.75) is 12.1 Å². The summed E-state index contributed by atoms with van der Waals surface area (Å²) in [6.45, 7) is 0.701. The van der Waals surface area contributed by atoms with Crippen LogP contribution in [-0.2, 0) is 14.3 Å². The van der Waals surface area contributed by atoms with Crippen LogP contribution in [0.25, 0.3) is 0 Å². The Balaban J connectivity index is 4.26. The lowest BCUT2D eigenvalue weighted by molar-refractivity contribution is -0.293. The van der Waals surface area contributed by atoms with E-state index in [1.54, 1.807) is 0 Å². The Hall–Kier alpha value is -1.18. The molecule has 0 rings (SSSR count). The highest BCUT2D eigenvalue weighted by Crippen LogP contribution is 2.35. The van der Waals surface area contributed by atoms with Gasteiger partial charge in [-0.15, -0.1) is 0 Å². The van der Waals surface area contributed by atoms with Gasteiger partial charge in [0.1, 0.15) is 0 Å². The minimum absolute atomic E-state index is 0.309. The van der Waals surface area contributed by atoms with Crippen LogP contribution in [0.4, 0.5) is 22.0 Å². The molecule has 0 bridgehead atoms. The van der Waals surface area contributed by atoms with E-state index in [2.05, 4.69) is 16.1 Å². The fraction of sp³-hybridized carbons (Fsp3) is 0.625. The lowest BCUT2D eigenvalue weighted by Crippen LogP contribution is -2.41. The van der Waals surface area contributed by atoms with Gasteiger partial charge in [0.05, 0.1) is 12.2 Å². The summed E-state index contributed by atoms with van der Waals surface area (Å²) in [5, 5.41) is 0. The second kappa shape index (κ2) is 5.24. The molecule has 0 saturated carbocycles. The molecule has 94 valence electrons. The maximum Gasteiger partial charge on any atom is 0.456 e. The van der Waals surface area contributed by atoms with Gasteiger partial charge in [0.15, 0.2) is 6.61 Å². The summed E-state index contributed by atoms with van der Waals surface area (Å²) < 4.78 is 67.7. The van der Waals surface area contributed by atoms with Crippen LogP contribution in [-0.4, -0.2) is 38.4 Å². The van der Waals surface area contributed by atoms with Crippen molar-refractivity contribution < 1.29 is 36.2 Å². The standard InChI is InChI=1S/C8H9F5O3/c1-5(3-15-2)6(14)16-4-7(9,10)8(11,12)13/h1,3-4H2,2H3. The predicted octanol–water partition coefficient (Wildman–Crippen LogP) is 1.93. The van der Waals surface area contributed by atoms with Crippen molar-refractivity contribution in [3.8, 4) is 0 Å². The van der Waals surface area contributed by atoms with Gasteiger partial charge in [-0.25, -0.2) is 4.79 Å². The Morgan fingerprint density at radius 3 is 2.12 bits per heavy atom. The van der Waals surface area contributed by atoms with Crippen LogP contribution in [0.2, 0.25) is 0 Å². The molecule has 8 heteroatoms. The van der Waals surface area contributed by atoms with Crippen molar-refractivity contribution in [1.82, 2.24) is 0 Å². The zero-order valence-corrected chi connectivity index (χ0v) is 8.24. The summed E-state index contributed by atoms with van der Waals surface area (Å²) in [4.78, 5) is 10.8. The zero-order valence-electron chi connectivity index (χ0n) is 8.24. The normalized spacial score (nSPS) is 12.4. The van der Waals surface area contributed by atoms with Gasteiger partial charge in [-0.2, -0.15) is 22.0 Å². The van der Waals surface area contributed by atoms with Crippen LogP contribution in [0.1, 0.15) is 0 Å². The molecule has 0 aromatic rings. The quantitative estimate of drug-likeness (QED) is 0.423. The molecule has 3 nitrogen and oxygen atoms in total. The molecule has 0 radical (unpaired) electrons. The third-order valence-electron chi connectivity index (χ3n) is 1.41. The van der Waals surface area contributed by atoms with Crippen LogP contribution >= 0.6 is 0 Å². The molecule has 0 atom stereocenters. The SMILES string of the molecule is C=C(COC)C(=O)OCC(F)(F)C(F)(F)F. The summed E-state index contributed by atoms with van der Waals surface area (Å²) in [5.74, 6) is -6.43. The molecule has 0 aliphatic carbocycles. The molecule has 0 spiro atoms. The van der Waals surface area contributed by atoms with Gasteiger partial charge >= 0.3 is 18.1 Å². The number of carbonyl (C=O) groups excluding carboxylic acids is 1. The summed E-state index contributed by atoms with van der Waals surface area (Å²) in [5.41, 5.74) is -0.347. The highest BCUT2D eigenvalue weighted by Gasteiger charge is 2.58. The van der Waals surface area contributed by atoms with Crippen LogP contribution < -0.4 is 0 Å². The first-order chi connectivity index (χ1) is 7.12. The Kier molecular flexibility index (Phi) is 4.85. The number of methoxy groups -OCH3 is 1. The fourth-order valence-electron chi connectivity index (χ4n) is 0.573. The van der Waals surface area contributed by atoms with E-state index in [9.17, 15) is 26.7 Å². The Morgan fingerprint density at radius 1 is 1.25 bits per heavy atom. The molecule has 0 aromatic carbocycles. The van der Waals surface area contributed by atoms with Gasteiger partial charge in [-0.05, 0) is 0 Å². The number of hydrogen-bond donors (Lipinski definition) is 0. The van der Waals surface area contributed by atoms with Crippen LogP contribution in [0.3, 0.4) is 0 Å². The number of esters is 1. The first-order valence-electron chi connectivity index (χ1n) is 3.90. The molecule has 0 fully saturated rings. The Morgan fingerprint density at radius 2 is 1.75 bits per heavy atom. The van der Waals surface area contributed by atoms with E-state index in [0.29, 0.717) is 0 Å². The second-order valence-corrected chi connectivity index (χ2v) is 2.81. The highest BCUT2D eigenvalue weighted by atomic mass is 19.4. The van der Waals surface area contributed by atoms with Crippen molar-refractivity contribution in [2.75, 3.05) is 20.3 Å². The maximum atomic E-state index is 12.3. The van der Waals surface area contributed by atoms with Gasteiger partial charge < -0.3 is 9.47 Å². The molecule has 0 unspecified atom stereocenters. The predicted molar refractivity (Wildman–Crippen MR) is 43.0 cm³/mol. The number of carbonyl (C=O) groups is 1. The van der Waals surface area contributed by atoms with Crippen molar-refractivity contribution in [2.24, 2.45) is 0 Å². The number of hydrogen-bond acceptors (Lipinski definition) is 3. The molecule has 0 saturated heterocycles. The smallest absolute Gasteiger partial charge is 0.455 e. The van der Waals surface area contributed by atoms with Gasteiger partial charge in [0, 0.05) is 7.11 Å². The average Bonchev–Trinajstić information content (AvgIpc) is 2.12. The van der Waals surface area contributed by atoms with E-state index >= 15 is 0 Å². The van der Waals surface area contributed by atoms with Crippen molar-refractivity contribution in [3.63, 3.8) is 0 Å². The van der Waals surface area contributed by atoms with E-state index in [4.69, 9.17) is 0 Å².